The summed E-state index contributed by atoms with van der Waals surface area (Å²) in [6.07, 6.45) is 0. The van der Waals surface area contributed by atoms with Crippen molar-refractivity contribution in [3.05, 3.63) is 23.2 Å². The molecule has 0 aromatic heterocycles. The molecule has 1 aromatic carbocycles. The molecule has 16 heavy (non-hydrogen) atoms. The number of phenols is 1. The maximum Gasteiger partial charge on any atom is 0.321 e. The van der Waals surface area contributed by atoms with Crippen molar-refractivity contribution in [2.75, 3.05) is 18.4 Å². The fourth-order valence-electron chi connectivity index (χ4n) is 1.31. The third-order valence-corrected chi connectivity index (χ3v) is 2.56. The van der Waals surface area contributed by atoms with Crippen molar-refractivity contribution in [2.45, 2.75) is 13.8 Å². The summed E-state index contributed by atoms with van der Waals surface area (Å²) in [5.74, 6) is 0.0749. The highest BCUT2D eigenvalue weighted by atomic mass is 35.5. The van der Waals surface area contributed by atoms with Crippen LogP contribution in [0.2, 0.25) is 5.02 Å². The molecular formula is C11H15ClN2O2. The van der Waals surface area contributed by atoms with Gasteiger partial charge in [0.25, 0.3) is 0 Å². The van der Waals surface area contributed by atoms with Gasteiger partial charge in [-0.2, -0.15) is 0 Å². The van der Waals surface area contributed by atoms with E-state index in [4.69, 9.17) is 16.7 Å². The van der Waals surface area contributed by atoms with Gasteiger partial charge in [-0.05, 0) is 26.0 Å². The monoisotopic (exact) mass is 242 g/mol. The molecule has 0 unspecified atom stereocenters. The standard InChI is InChI=1S/C11H15ClN2O2/c1-3-14(4-2)11(16)13-10-6-5-8(15)7-9(10)12/h5-7,15H,3-4H2,1-2H3,(H,13,16). The molecule has 0 heterocycles. The predicted octanol–water partition coefficient (Wildman–Crippen LogP) is 2.92. The molecule has 0 atom stereocenters. The maximum absolute atomic E-state index is 11.7. The average Bonchev–Trinajstić information content (AvgIpc) is 2.24. The first kappa shape index (κ1) is 12.6. The zero-order chi connectivity index (χ0) is 12.1. The molecule has 0 aliphatic rings. The summed E-state index contributed by atoms with van der Waals surface area (Å²) in [5, 5.41) is 12.2. The molecule has 0 saturated carbocycles. The molecule has 0 aliphatic carbocycles. The summed E-state index contributed by atoms with van der Waals surface area (Å²) in [7, 11) is 0. The number of phenolic OH excluding ortho intramolecular Hbond substituents is 1. The van der Waals surface area contributed by atoms with E-state index in [9.17, 15) is 4.79 Å². The van der Waals surface area contributed by atoms with Crippen molar-refractivity contribution in [3.8, 4) is 5.75 Å². The number of amides is 2. The van der Waals surface area contributed by atoms with E-state index in [2.05, 4.69) is 5.32 Å². The Bertz CT molecular complexity index is 378. The minimum Gasteiger partial charge on any atom is -0.508 e. The van der Waals surface area contributed by atoms with Gasteiger partial charge in [-0.25, -0.2) is 4.79 Å². The van der Waals surface area contributed by atoms with E-state index in [1.54, 1.807) is 11.0 Å². The number of aromatic hydroxyl groups is 1. The molecule has 2 amide bonds. The van der Waals surface area contributed by atoms with E-state index in [0.717, 1.165) is 0 Å². The Labute approximate surface area is 99.8 Å². The van der Waals surface area contributed by atoms with Crippen LogP contribution in [0.15, 0.2) is 18.2 Å². The van der Waals surface area contributed by atoms with E-state index in [-0.39, 0.29) is 11.8 Å². The number of hydrogen-bond acceptors (Lipinski definition) is 2. The lowest BCUT2D eigenvalue weighted by molar-refractivity contribution is 0.217. The van der Waals surface area contributed by atoms with Crippen LogP contribution in [-0.4, -0.2) is 29.1 Å². The second-order valence-electron chi connectivity index (χ2n) is 3.27. The van der Waals surface area contributed by atoms with Crippen molar-refractivity contribution in [2.24, 2.45) is 0 Å². The minimum absolute atomic E-state index is 0.0749. The second kappa shape index (κ2) is 5.61. The fourth-order valence-corrected chi connectivity index (χ4v) is 1.53. The lowest BCUT2D eigenvalue weighted by atomic mass is 10.3. The molecule has 5 heteroatoms. The fraction of sp³-hybridized carbons (Fsp3) is 0.364. The Morgan fingerprint density at radius 2 is 2.06 bits per heavy atom. The zero-order valence-electron chi connectivity index (χ0n) is 9.33. The first-order valence-corrected chi connectivity index (χ1v) is 5.50. The maximum atomic E-state index is 11.7. The van der Waals surface area contributed by atoms with Crippen molar-refractivity contribution >= 4 is 23.3 Å². The first-order valence-electron chi connectivity index (χ1n) is 5.13. The minimum atomic E-state index is -0.197. The van der Waals surface area contributed by atoms with Gasteiger partial charge in [0.1, 0.15) is 5.75 Å². The highest BCUT2D eigenvalue weighted by molar-refractivity contribution is 6.33. The van der Waals surface area contributed by atoms with E-state index in [1.807, 2.05) is 13.8 Å². The first-order chi connectivity index (χ1) is 7.58. The van der Waals surface area contributed by atoms with E-state index in [0.29, 0.717) is 23.8 Å². The quantitative estimate of drug-likeness (QED) is 0.801. The summed E-state index contributed by atoms with van der Waals surface area (Å²) >= 11 is 5.87. The Balaban J connectivity index is 2.76. The van der Waals surface area contributed by atoms with Gasteiger partial charge in [0.15, 0.2) is 0 Å². The van der Waals surface area contributed by atoms with Gasteiger partial charge in [-0.1, -0.05) is 11.6 Å². The summed E-state index contributed by atoms with van der Waals surface area (Å²) in [6, 6.07) is 4.24. The third-order valence-electron chi connectivity index (χ3n) is 2.24. The van der Waals surface area contributed by atoms with Crippen LogP contribution in [-0.2, 0) is 0 Å². The number of carbonyl (C=O) groups excluding carboxylic acids is 1. The number of benzene rings is 1. The van der Waals surface area contributed by atoms with Gasteiger partial charge in [0.2, 0.25) is 0 Å². The number of nitrogens with one attached hydrogen (secondary N) is 1. The number of halogens is 1. The highest BCUT2D eigenvalue weighted by Crippen LogP contribution is 2.26. The van der Waals surface area contributed by atoms with Crippen molar-refractivity contribution in [1.82, 2.24) is 4.90 Å². The van der Waals surface area contributed by atoms with Gasteiger partial charge < -0.3 is 15.3 Å². The summed E-state index contributed by atoms with van der Waals surface area (Å²) < 4.78 is 0. The molecule has 88 valence electrons. The number of rotatable bonds is 3. The second-order valence-corrected chi connectivity index (χ2v) is 3.67. The largest absolute Gasteiger partial charge is 0.508 e. The molecule has 0 radical (unpaired) electrons. The summed E-state index contributed by atoms with van der Waals surface area (Å²) in [6.45, 7) is 5.08. The van der Waals surface area contributed by atoms with E-state index >= 15 is 0 Å². The van der Waals surface area contributed by atoms with Crippen molar-refractivity contribution < 1.29 is 9.90 Å². The molecule has 1 rings (SSSR count). The van der Waals surface area contributed by atoms with Crippen LogP contribution in [0.5, 0.6) is 5.75 Å². The Morgan fingerprint density at radius 3 is 2.56 bits per heavy atom. The molecule has 0 spiro atoms. The van der Waals surface area contributed by atoms with Gasteiger partial charge in [0, 0.05) is 19.2 Å². The number of nitrogens with zero attached hydrogens (tertiary/aromatic N) is 1. The van der Waals surface area contributed by atoms with Gasteiger partial charge in [-0.15, -0.1) is 0 Å². The van der Waals surface area contributed by atoms with Crippen LogP contribution in [0.4, 0.5) is 10.5 Å². The number of carbonyl (C=O) groups is 1. The van der Waals surface area contributed by atoms with Crippen LogP contribution in [0.1, 0.15) is 13.8 Å². The molecule has 4 nitrogen and oxygen atoms in total. The van der Waals surface area contributed by atoms with Crippen LogP contribution in [0, 0.1) is 0 Å². The van der Waals surface area contributed by atoms with Crippen LogP contribution in [0.25, 0.3) is 0 Å². The number of anilines is 1. The number of hydrogen-bond donors (Lipinski definition) is 2. The third kappa shape index (κ3) is 3.03. The molecule has 1 aromatic rings. The predicted molar refractivity (Wildman–Crippen MR) is 65.1 cm³/mol. The summed E-state index contributed by atoms with van der Waals surface area (Å²) in [4.78, 5) is 13.3. The molecule has 0 bridgehead atoms. The number of urea groups is 1. The molecule has 2 N–H and O–H groups in total. The van der Waals surface area contributed by atoms with Gasteiger partial charge >= 0.3 is 6.03 Å². The van der Waals surface area contributed by atoms with Gasteiger partial charge in [-0.3, -0.25) is 0 Å². The Morgan fingerprint density at radius 1 is 1.44 bits per heavy atom. The highest BCUT2D eigenvalue weighted by Gasteiger charge is 2.11. The smallest absolute Gasteiger partial charge is 0.321 e. The topological polar surface area (TPSA) is 52.6 Å². The van der Waals surface area contributed by atoms with Crippen LogP contribution >= 0.6 is 11.6 Å². The lowest BCUT2D eigenvalue weighted by Gasteiger charge is -2.19. The van der Waals surface area contributed by atoms with Crippen LogP contribution < -0.4 is 5.32 Å². The molecule has 0 aliphatic heterocycles. The molecular weight excluding hydrogens is 228 g/mol. The SMILES string of the molecule is CCN(CC)C(=O)Nc1ccc(O)cc1Cl. The van der Waals surface area contributed by atoms with Gasteiger partial charge in [0.05, 0.1) is 10.7 Å². The zero-order valence-corrected chi connectivity index (χ0v) is 10.1. The average molecular weight is 243 g/mol. The van der Waals surface area contributed by atoms with Crippen molar-refractivity contribution in [1.29, 1.82) is 0 Å². The Hall–Kier alpha value is -1.42. The normalized spacial score (nSPS) is 9.94. The Kier molecular flexibility index (Phi) is 4.43. The van der Waals surface area contributed by atoms with E-state index < -0.39 is 0 Å². The lowest BCUT2D eigenvalue weighted by Crippen LogP contribution is -2.34. The summed E-state index contributed by atoms with van der Waals surface area (Å²) in [5.41, 5.74) is 0.497. The van der Waals surface area contributed by atoms with Crippen LogP contribution in [0.3, 0.4) is 0 Å². The molecule has 0 fully saturated rings. The van der Waals surface area contributed by atoms with E-state index in [1.165, 1.54) is 12.1 Å². The van der Waals surface area contributed by atoms with Crippen molar-refractivity contribution in [3.63, 3.8) is 0 Å². The molecule has 0 saturated heterocycles.